The van der Waals surface area contributed by atoms with Crippen molar-refractivity contribution in [3.8, 4) is 17.6 Å². The van der Waals surface area contributed by atoms with Gasteiger partial charge in [-0.05, 0) is 32.4 Å². The monoisotopic (exact) mass is 248 g/mol. The Bertz CT molecular complexity index is 475. The summed E-state index contributed by atoms with van der Waals surface area (Å²) in [7, 11) is 5.13. The van der Waals surface area contributed by atoms with Crippen molar-refractivity contribution in [3.05, 3.63) is 17.7 Å². The highest BCUT2D eigenvalue weighted by molar-refractivity contribution is 5.67. The lowest BCUT2D eigenvalue weighted by molar-refractivity contribution is 0.392. The third-order valence-corrected chi connectivity index (χ3v) is 3.14. The van der Waals surface area contributed by atoms with Crippen LogP contribution in [0.5, 0.6) is 11.5 Å². The predicted molar refractivity (Wildman–Crippen MR) is 72.4 cm³/mol. The summed E-state index contributed by atoms with van der Waals surface area (Å²) in [6, 6.07) is 6.04. The van der Waals surface area contributed by atoms with Crippen LogP contribution in [-0.2, 0) is 0 Å². The third-order valence-electron chi connectivity index (χ3n) is 3.14. The van der Waals surface area contributed by atoms with Gasteiger partial charge in [-0.25, -0.2) is 0 Å². The SMILES string of the molecule is COc1cc(C)c(N(C)C(C)(C)C#N)c(OC)c1. The first kappa shape index (κ1) is 14.2. The Morgan fingerprint density at radius 2 is 1.83 bits per heavy atom. The van der Waals surface area contributed by atoms with Crippen molar-refractivity contribution in [2.45, 2.75) is 26.3 Å². The molecule has 1 aromatic rings. The lowest BCUT2D eigenvalue weighted by Crippen LogP contribution is -2.40. The molecule has 0 saturated heterocycles. The third kappa shape index (κ3) is 2.51. The summed E-state index contributed by atoms with van der Waals surface area (Å²) < 4.78 is 10.6. The van der Waals surface area contributed by atoms with Gasteiger partial charge in [-0.1, -0.05) is 0 Å². The Kier molecular flexibility index (Phi) is 4.07. The number of hydrogen-bond donors (Lipinski definition) is 0. The minimum atomic E-state index is -0.605. The molecule has 0 aliphatic rings. The molecule has 0 aliphatic carbocycles. The van der Waals surface area contributed by atoms with E-state index in [0.717, 1.165) is 17.0 Å². The highest BCUT2D eigenvalue weighted by Gasteiger charge is 2.27. The van der Waals surface area contributed by atoms with Gasteiger partial charge in [0.15, 0.2) is 0 Å². The first-order valence-corrected chi connectivity index (χ1v) is 5.75. The molecule has 0 heterocycles. The van der Waals surface area contributed by atoms with E-state index in [1.54, 1.807) is 14.2 Å². The number of aryl methyl sites for hydroxylation is 1. The lowest BCUT2D eigenvalue weighted by atomic mass is 10.0. The van der Waals surface area contributed by atoms with E-state index in [-0.39, 0.29) is 0 Å². The van der Waals surface area contributed by atoms with Crippen molar-refractivity contribution in [1.29, 1.82) is 5.26 Å². The standard InChI is InChI=1S/C14H20N2O2/c1-10-7-11(17-5)8-12(18-6)13(10)16(4)14(2,3)9-15/h7-8H,1-6H3. The fourth-order valence-corrected chi connectivity index (χ4v) is 1.77. The largest absolute Gasteiger partial charge is 0.497 e. The number of nitriles is 1. The van der Waals surface area contributed by atoms with Gasteiger partial charge in [-0.15, -0.1) is 0 Å². The molecule has 0 aromatic heterocycles. The lowest BCUT2D eigenvalue weighted by Gasteiger charge is -2.33. The van der Waals surface area contributed by atoms with E-state index >= 15 is 0 Å². The average Bonchev–Trinajstić information content (AvgIpc) is 2.36. The van der Waals surface area contributed by atoms with E-state index in [0.29, 0.717) is 5.75 Å². The van der Waals surface area contributed by atoms with E-state index in [9.17, 15) is 5.26 Å². The molecule has 4 nitrogen and oxygen atoms in total. The van der Waals surface area contributed by atoms with Crippen molar-refractivity contribution in [1.82, 2.24) is 0 Å². The fraction of sp³-hybridized carbons (Fsp3) is 0.500. The molecule has 0 atom stereocenters. The molecule has 0 saturated carbocycles. The molecule has 0 spiro atoms. The normalized spacial score (nSPS) is 10.7. The number of nitrogens with zero attached hydrogens (tertiary/aromatic N) is 2. The molecular weight excluding hydrogens is 228 g/mol. The highest BCUT2D eigenvalue weighted by Crippen LogP contribution is 2.38. The Morgan fingerprint density at radius 1 is 1.22 bits per heavy atom. The maximum Gasteiger partial charge on any atom is 0.146 e. The topological polar surface area (TPSA) is 45.5 Å². The molecule has 4 heteroatoms. The summed E-state index contributed by atoms with van der Waals surface area (Å²) in [6.45, 7) is 5.72. The summed E-state index contributed by atoms with van der Waals surface area (Å²) in [5.41, 5.74) is 1.31. The van der Waals surface area contributed by atoms with Crippen LogP contribution in [0.4, 0.5) is 5.69 Å². The molecule has 0 radical (unpaired) electrons. The van der Waals surface area contributed by atoms with Gasteiger partial charge in [-0.2, -0.15) is 5.26 Å². The zero-order valence-electron chi connectivity index (χ0n) is 11.9. The molecule has 98 valence electrons. The smallest absolute Gasteiger partial charge is 0.146 e. The summed E-state index contributed by atoms with van der Waals surface area (Å²) in [5, 5.41) is 9.22. The van der Waals surface area contributed by atoms with Crippen LogP contribution >= 0.6 is 0 Å². The Hall–Kier alpha value is -1.89. The van der Waals surface area contributed by atoms with E-state index in [4.69, 9.17) is 9.47 Å². The van der Waals surface area contributed by atoms with Crippen LogP contribution in [0.3, 0.4) is 0 Å². The van der Waals surface area contributed by atoms with E-state index in [2.05, 4.69) is 6.07 Å². The minimum absolute atomic E-state index is 0.605. The van der Waals surface area contributed by atoms with Crippen molar-refractivity contribution in [2.75, 3.05) is 26.2 Å². The predicted octanol–water partition coefficient (Wildman–Crippen LogP) is 2.75. The van der Waals surface area contributed by atoms with Crippen molar-refractivity contribution < 1.29 is 9.47 Å². The molecule has 1 rings (SSSR count). The second-order valence-electron chi connectivity index (χ2n) is 4.73. The Balaban J connectivity index is 3.37. The molecule has 0 unspecified atom stereocenters. The average molecular weight is 248 g/mol. The minimum Gasteiger partial charge on any atom is -0.497 e. The molecule has 0 N–H and O–H groups in total. The second-order valence-corrected chi connectivity index (χ2v) is 4.73. The molecular formula is C14H20N2O2. The maximum atomic E-state index is 9.22. The van der Waals surface area contributed by atoms with Gasteiger partial charge in [0.1, 0.15) is 17.0 Å². The van der Waals surface area contributed by atoms with Gasteiger partial charge in [0.25, 0.3) is 0 Å². The number of anilines is 1. The number of methoxy groups -OCH3 is 2. The zero-order valence-corrected chi connectivity index (χ0v) is 11.9. The van der Waals surface area contributed by atoms with Gasteiger partial charge in [-0.3, -0.25) is 0 Å². The van der Waals surface area contributed by atoms with Crippen molar-refractivity contribution in [3.63, 3.8) is 0 Å². The number of hydrogen-bond acceptors (Lipinski definition) is 4. The van der Waals surface area contributed by atoms with Crippen LogP contribution in [0.25, 0.3) is 0 Å². The summed E-state index contributed by atoms with van der Waals surface area (Å²) in [4.78, 5) is 1.92. The zero-order chi connectivity index (χ0) is 13.9. The fourth-order valence-electron chi connectivity index (χ4n) is 1.77. The number of rotatable bonds is 4. The molecule has 0 fully saturated rings. The van der Waals surface area contributed by atoms with E-state index < -0.39 is 5.54 Å². The van der Waals surface area contributed by atoms with Gasteiger partial charge >= 0.3 is 0 Å². The maximum absolute atomic E-state index is 9.22. The number of ether oxygens (including phenoxy) is 2. The van der Waals surface area contributed by atoms with Gasteiger partial charge in [0.05, 0.1) is 26.0 Å². The van der Waals surface area contributed by atoms with Gasteiger partial charge in [0.2, 0.25) is 0 Å². The van der Waals surface area contributed by atoms with Gasteiger partial charge in [0, 0.05) is 13.1 Å². The summed E-state index contributed by atoms with van der Waals surface area (Å²) in [6.07, 6.45) is 0. The van der Waals surface area contributed by atoms with Crippen LogP contribution in [0.15, 0.2) is 12.1 Å². The van der Waals surface area contributed by atoms with Crippen LogP contribution in [-0.4, -0.2) is 26.8 Å². The highest BCUT2D eigenvalue weighted by atomic mass is 16.5. The van der Waals surface area contributed by atoms with Crippen LogP contribution < -0.4 is 14.4 Å². The molecule has 18 heavy (non-hydrogen) atoms. The van der Waals surface area contributed by atoms with Crippen LogP contribution in [0.2, 0.25) is 0 Å². The van der Waals surface area contributed by atoms with E-state index in [1.165, 1.54) is 0 Å². The molecule has 0 amide bonds. The van der Waals surface area contributed by atoms with Crippen molar-refractivity contribution in [2.24, 2.45) is 0 Å². The molecule has 1 aromatic carbocycles. The van der Waals surface area contributed by atoms with Crippen molar-refractivity contribution >= 4 is 5.69 Å². The Labute approximate surface area is 109 Å². The molecule has 0 aliphatic heterocycles. The number of benzene rings is 1. The first-order valence-electron chi connectivity index (χ1n) is 5.75. The van der Waals surface area contributed by atoms with Crippen LogP contribution in [0.1, 0.15) is 19.4 Å². The summed E-state index contributed by atoms with van der Waals surface area (Å²) >= 11 is 0. The molecule has 0 bridgehead atoms. The first-order chi connectivity index (χ1) is 8.37. The van der Waals surface area contributed by atoms with Gasteiger partial charge < -0.3 is 14.4 Å². The van der Waals surface area contributed by atoms with Crippen LogP contribution in [0, 0.1) is 18.3 Å². The quantitative estimate of drug-likeness (QED) is 0.822. The van der Waals surface area contributed by atoms with E-state index in [1.807, 2.05) is 44.9 Å². The second kappa shape index (κ2) is 5.18. The Morgan fingerprint density at radius 3 is 2.28 bits per heavy atom. The summed E-state index contributed by atoms with van der Waals surface area (Å²) in [5.74, 6) is 1.45.